The minimum Gasteiger partial charge on any atom is -0.377 e. The predicted molar refractivity (Wildman–Crippen MR) is 95.0 cm³/mol. The molecule has 1 fully saturated rings. The fourth-order valence-electron chi connectivity index (χ4n) is 2.69. The normalized spacial score (nSPS) is 18.0. The van der Waals surface area contributed by atoms with E-state index >= 15 is 0 Å². The van der Waals surface area contributed by atoms with Gasteiger partial charge < -0.3 is 9.64 Å². The average Bonchev–Trinajstić information content (AvgIpc) is 2.63. The van der Waals surface area contributed by atoms with Crippen LogP contribution >= 0.6 is 0 Å². The quantitative estimate of drug-likeness (QED) is 0.908. The lowest BCUT2D eigenvalue weighted by atomic mass is 10.1. The van der Waals surface area contributed by atoms with Crippen LogP contribution in [0.2, 0.25) is 0 Å². The molecule has 0 saturated carbocycles. The number of amides is 1. The van der Waals surface area contributed by atoms with Crippen LogP contribution in [0.25, 0.3) is 0 Å². The Bertz CT molecular complexity index is 835. The van der Waals surface area contributed by atoms with Crippen molar-refractivity contribution in [1.29, 1.82) is 0 Å². The molecule has 1 N–H and O–H groups in total. The molecule has 132 valence electrons. The van der Waals surface area contributed by atoms with E-state index in [4.69, 9.17) is 4.74 Å². The number of nitrogens with zero attached hydrogens (tertiary/aromatic N) is 1. The second kappa shape index (κ2) is 7.25. The standard InChI is InChI=1S/C18H20N2O4S/c1-14-13-24-12-11-20(14)18(21)15-7-9-16(10-8-15)19-25(22,23)17-5-3-2-4-6-17/h2-10,14,19H,11-13H2,1H3. The van der Waals surface area contributed by atoms with E-state index in [1.807, 2.05) is 6.92 Å². The number of sulfonamides is 1. The molecule has 1 heterocycles. The Labute approximate surface area is 147 Å². The van der Waals surface area contributed by atoms with E-state index in [9.17, 15) is 13.2 Å². The number of ether oxygens (including phenoxy) is 1. The van der Waals surface area contributed by atoms with Crippen molar-refractivity contribution in [2.75, 3.05) is 24.5 Å². The van der Waals surface area contributed by atoms with Gasteiger partial charge in [0.25, 0.3) is 15.9 Å². The Morgan fingerprint density at radius 2 is 1.80 bits per heavy atom. The Morgan fingerprint density at radius 3 is 2.44 bits per heavy atom. The van der Waals surface area contributed by atoms with Crippen LogP contribution in [0, 0.1) is 0 Å². The first-order valence-corrected chi connectivity index (χ1v) is 9.52. The Hall–Kier alpha value is -2.38. The van der Waals surface area contributed by atoms with Gasteiger partial charge in [-0.25, -0.2) is 8.42 Å². The van der Waals surface area contributed by atoms with Crippen LogP contribution < -0.4 is 4.72 Å². The number of hydrogen-bond acceptors (Lipinski definition) is 4. The van der Waals surface area contributed by atoms with E-state index in [-0.39, 0.29) is 16.8 Å². The van der Waals surface area contributed by atoms with Gasteiger partial charge in [0.05, 0.1) is 24.2 Å². The third-order valence-electron chi connectivity index (χ3n) is 4.07. The molecule has 0 bridgehead atoms. The molecular formula is C18H20N2O4S. The molecule has 2 aromatic carbocycles. The minimum absolute atomic E-state index is 0.0255. The fourth-order valence-corrected chi connectivity index (χ4v) is 3.77. The lowest BCUT2D eigenvalue weighted by Crippen LogP contribution is -2.47. The molecule has 1 aliphatic heterocycles. The van der Waals surface area contributed by atoms with Gasteiger partial charge >= 0.3 is 0 Å². The Kier molecular flexibility index (Phi) is 5.06. The van der Waals surface area contributed by atoms with Crippen molar-refractivity contribution in [2.45, 2.75) is 17.9 Å². The summed E-state index contributed by atoms with van der Waals surface area (Å²) in [5.41, 5.74) is 0.937. The van der Waals surface area contributed by atoms with Crippen LogP contribution in [0.1, 0.15) is 17.3 Å². The van der Waals surface area contributed by atoms with Gasteiger partial charge in [0.15, 0.2) is 0 Å². The van der Waals surface area contributed by atoms with Crippen LogP contribution in [-0.4, -0.2) is 45.0 Å². The molecule has 1 amide bonds. The van der Waals surface area contributed by atoms with E-state index < -0.39 is 10.0 Å². The topological polar surface area (TPSA) is 75.7 Å². The number of hydrogen-bond donors (Lipinski definition) is 1. The molecule has 25 heavy (non-hydrogen) atoms. The van der Waals surface area contributed by atoms with Crippen molar-refractivity contribution in [3.05, 3.63) is 60.2 Å². The predicted octanol–water partition coefficient (Wildman–Crippen LogP) is 2.35. The zero-order valence-corrected chi connectivity index (χ0v) is 14.7. The monoisotopic (exact) mass is 360 g/mol. The highest BCUT2D eigenvalue weighted by molar-refractivity contribution is 7.92. The van der Waals surface area contributed by atoms with Gasteiger partial charge in [-0.1, -0.05) is 18.2 Å². The summed E-state index contributed by atoms with van der Waals surface area (Å²) in [6.45, 7) is 3.56. The van der Waals surface area contributed by atoms with Gasteiger partial charge in [0.1, 0.15) is 0 Å². The maximum atomic E-state index is 12.6. The summed E-state index contributed by atoms with van der Waals surface area (Å²) in [6.07, 6.45) is 0. The van der Waals surface area contributed by atoms with Crippen LogP contribution in [0.4, 0.5) is 5.69 Å². The van der Waals surface area contributed by atoms with Crippen LogP contribution in [0.5, 0.6) is 0 Å². The van der Waals surface area contributed by atoms with E-state index in [2.05, 4.69) is 4.72 Å². The molecule has 0 aliphatic carbocycles. The van der Waals surface area contributed by atoms with Crippen molar-refractivity contribution >= 4 is 21.6 Å². The molecule has 2 aromatic rings. The summed E-state index contributed by atoms with van der Waals surface area (Å²) < 4.78 is 32.5. The number of anilines is 1. The lowest BCUT2D eigenvalue weighted by molar-refractivity contribution is 0.00359. The minimum atomic E-state index is -3.64. The molecule has 0 radical (unpaired) electrons. The third kappa shape index (κ3) is 4.00. The van der Waals surface area contributed by atoms with E-state index in [0.29, 0.717) is 31.0 Å². The molecule has 6 nitrogen and oxygen atoms in total. The summed E-state index contributed by atoms with van der Waals surface area (Å²) in [7, 11) is -3.64. The molecule has 1 aliphatic rings. The van der Waals surface area contributed by atoms with Gasteiger partial charge in [-0.05, 0) is 43.3 Å². The third-order valence-corrected chi connectivity index (χ3v) is 5.46. The second-order valence-electron chi connectivity index (χ2n) is 5.92. The van der Waals surface area contributed by atoms with Crippen molar-refractivity contribution in [3.63, 3.8) is 0 Å². The van der Waals surface area contributed by atoms with Crippen LogP contribution in [0.15, 0.2) is 59.5 Å². The number of nitrogens with one attached hydrogen (secondary N) is 1. The van der Waals surface area contributed by atoms with E-state index in [1.54, 1.807) is 47.4 Å². The van der Waals surface area contributed by atoms with Crippen LogP contribution in [-0.2, 0) is 14.8 Å². The molecule has 0 spiro atoms. The number of benzene rings is 2. The number of carbonyl (C=O) groups excluding carboxylic acids is 1. The van der Waals surface area contributed by atoms with Gasteiger partial charge in [-0.3, -0.25) is 9.52 Å². The zero-order chi connectivity index (χ0) is 17.9. The molecule has 1 saturated heterocycles. The first-order valence-electron chi connectivity index (χ1n) is 8.04. The van der Waals surface area contributed by atoms with Gasteiger partial charge in [-0.15, -0.1) is 0 Å². The van der Waals surface area contributed by atoms with E-state index in [1.165, 1.54) is 12.1 Å². The maximum Gasteiger partial charge on any atom is 0.261 e. The number of carbonyl (C=O) groups is 1. The van der Waals surface area contributed by atoms with Gasteiger partial charge in [-0.2, -0.15) is 0 Å². The highest BCUT2D eigenvalue weighted by atomic mass is 32.2. The van der Waals surface area contributed by atoms with Crippen molar-refractivity contribution in [2.24, 2.45) is 0 Å². The number of morpholine rings is 1. The molecule has 3 rings (SSSR count). The second-order valence-corrected chi connectivity index (χ2v) is 7.60. The molecule has 1 unspecified atom stereocenters. The SMILES string of the molecule is CC1COCCN1C(=O)c1ccc(NS(=O)(=O)c2ccccc2)cc1. The summed E-state index contributed by atoms with van der Waals surface area (Å²) in [6, 6.07) is 14.6. The number of rotatable bonds is 4. The van der Waals surface area contributed by atoms with Crippen molar-refractivity contribution in [1.82, 2.24) is 4.90 Å². The van der Waals surface area contributed by atoms with Crippen molar-refractivity contribution < 1.29 is 17.9 Å². The van der Waals surface area contributed by atoms with Gasteiger partial charge in [0, 0.05) is 17.8 Å². The summed E-state index contributed by atoms with van der Waals surface area (Å²) in [5.74, 6) is -0.0757. The smallest absolute Gasteiger partial charge is 0.261 e. The van der Waals surface area contributed by atoms with E-state index in [0.717, 1.165) is 0 Å². The Balaban J connectivity index is 1.73. The van der Waals surface area contributed by atoms with Crippen LogP contribution in [0.3, 0.4) is 0 Å². The molecular weight excluding hydrogens is 340 g/mol. The first kappa shape index (κ1) is 17.4. The maximum absolute atomic E-state index is 12.6. The Morgan fingerprint density at radius 1 is 1.12 bits per heavy atom. The summed E-state index contributed by atoms with van der Waals surface area (Å²) in [5, 5.41) is 0. The zero-order valence-electron chi connectivity index (χ0n) is 13.9. The first-order chi connectivity index (χ1) is 12.0. The molecule has 1 atom stereocenters. The van der Waals surface area contributed by atoms with Gasteiger partial charge in [0.2, 0.25) is 0 Å². The fraction of sp³-hybridized carbons (Fsp3) is 0.278. The summed E-state index contributed by atoms with van der Waals surface area (Å²) >= 11 is 0. The average molecular weight is 360 g/mol. The highest BCUT2D eigenvalue weighted by Crippen LogP contribution is 2.18. The molecule has 7 heteroatoms. The highest BCUT2D eigenvalue weighted by Gasteiger charge is 2.24. The molecule has 0 aromatic heterocycles. The largest absolute Gasteiger partial charge is 0.377 e. The van der Waals surface area contributed by atoms with Crippen molar-refractivity contribution in [3.8, 4) is 0 Å². The lowest BCUT2D eigenvalue weighted by Gasteiger charge is -2.33. The summed E-state index contributed by atoms with van der Waals surface area (Å²) in [4.78, 5) is 14.5.